The first kappa shape index (κ1) is 18.4. The molecule has 0 atom stereocenters. The van der Waals surface area contributed by atoms with Crippen molar-refractivity contribution < 1.29 is 4.39 Å². The summed E-state index contributed by atoms with van der Waals surface area (Å²) in [4.78, 5) is 13.2. The largest absolute Gasteiger partial charge is 0.293 e. The highest BCUT2D eigenvalue weighted by Gasteiger charge is 2.19. The summed E-state index contributed by atoms with van der Waals surface area (Å²) in [5, 5.41) is 10.3. The fourth-order valence-corrected chi connectivity index (χ4v) is 3.43. The first-order valence-corrected chi connectivity index (χ1v) is 9.31. The van der Waals surface area contributed by atoms with E-state index in [9.17, 15) is 9.18 Å². The Bertz CT molecular complexity index is 1210. The lowest BCUT2D eigenvalue weighted by Gasteiger charge is -2.12. The van der Waals surface area contributed by atoms with E-state index in [2.05, 4.69) is 10.2 Å². The first-order valence-electron chi connectivity index (χ1n) is 8.93. The van der Waals surface area contributed by atoms with Crippen LogP contribution in [0.25, 0.3) is 16.6 Å². The highest BCUT2D eigenvalue weighted by atomic mass is 35.5. The van der Waals surface area contributed by atoms with Crippen LogP contribution in [0.15, 0.2) is 59.5 Å². The van der Waals surface area contributed by atoms with E-state index in [4.69, 9.17) is 11.6 Å². The number of aromatic nitrogens is 4. The van der Waals surface area contributed by atoms with Gasteiger partial charge in [0.15, 0.2) is 0 Å². The summed E-state index contributed by atoms with van der Waals surface area (Å²) in [6.07, 6.45) is 1.64. The number of fused-ring (bicyclic) bond motifs is 1. The molecule has 2 aromatic carbocycles. The molecular weight excluding hydrogens is 379 g/mol. The summed E-state index contributed by atoms with van der Waals surface area (Å²) >= 11 is 6.08. The van der Waals surface area contributed by atoms with Crippen LogP contribution in [-0.2, 0) is 6.54 Å². The summed E-state index contributed by atoms with van der Waals surface area (Å²) in [5.41, 5.74) is 2.44. The molecule has 0 spiro atoms. The molecule has 0 saturated carbocycles. The number of halogens is 2. The van der Waals surface area contributed by atoms with E-state index in [0.717, 1.165) is 11.3 Å². The lowest BCUT2D eigenvalue weighted by Crippen LogP contribution is -2.27. The van der Waals surface area contributed by atoms with Gasteiger partial charge in [0.1, 0.15) is 11.3 Å². The number of nitrogens with zero attached hydrogens (tertiary/aromatic N) is 4. The summed E-state index contributed by atoms with van der Waals surface area (Å²) < 4.78 is 16.3. The van der Waals surface area contributed by atoms with Crippen LogP contribution in [0.2, 0.25) is 5.02 Å². The van der Waals surface area contributed by atoms with Gasteiger partial charge in [-0.1, -0.05) is 37.6 Å². The molecule has 0 unspecified atom stereocenters. The van der Waals surface area contributed by atoms with Crippen LogP contribution in [-0.4, -0.2) is 19.6 Å². The predicted octanol–water partition coefficient (Wildman–Crippen LogP) is 4.55. The Labute approximate surface area is 166 Å². The molecule has 0 N–H and O–H groups in total. The van der Waals surface area contributed by atoms with Gasteiger partial charge < -0.3 is 0 Å². The third kappa shape index (κ3) is 3.31. The second kappa shape index (κ2) is 7.20. The molecule has 0 aliphatic heterocycles. The van der Waals surface area contributed by atoms with Gasteiger partial charge in [-0.3, -0.25) is 4.79 Å². The van der Waals surface area contributed by atoms with Gasteiger partial charge in [-0.25, -0.2) is 13.8 Å². The van der Waals surface area contributed by atoms with Gasteiger partial charge in [0.05, 0.1) is 24.1 Å². The standard InChI is InChI=1S/C21H18ClFN4O/c1-13(2)19-18-11-24-27(17-8-6-16(23)7-9-17)20(18)21(28)26(25-19)12-14-4-3-5-15(22)10-14/h3-11,13H,12H2,1-2H3. The SMILES string of the molecule is CC(C)c1nn(Cc2cccc(Cl)c2)c(=O)c2c1cnn2-c1ccc(F)cc1. The van der Waals surface area contributed by atoms with Gasteiger partial charge in [-0.15, -0.1) is 0 Å². The van der Waals surface area contributed by atoms with Crippen molar-refractivity contribution in [2.24, 2.45) is 0 Å². The van der Waals surface area contributed by atoms with Gasteiger partial charge in [0, 0.05) is 10.4 Å². The van der Waals surface area contributed by atoms with Gasteiger partial charge in [0.25, 0.3) is 5.56 Å². The Kier molecular flexibility index (Phi) is 4.73. The molecule has 2 heterocycles. The molecule has 0 radical (unpaired) electrons. The maximum Gasteiger partial charge on any atom is 0.293 e. The Morgan fingerprint density at radius 3 is 2.57 bits per heavy atom. The molecule has 0 saturated heterocycles. The van der Waals surface area contributed by atoms with Crippen molar-refractivity contribution in [3.05, 3.63) is 87.2 Å². The molecule has 0 amide bonds. The van der Waals surface area contributed by atoms with Crippen LogP contribution >= 0.6 is 11.6 Å². The Morgan fingerprint density at radius 1 is 1.14 bits per heavy atom. The van der Waals surface area contributed by atoms with E-state index in [1.807, 2.05) is 32.0 Å². The maximum absolute atomic E-state index is 13.3. The van der Waals surface area contributed by atoms with E-state index >= 15 is 0 Å². The lowest BCUT2D eigenvalue weighted by atomic mass is 10.1. The van der Waals surface area contributed by atoms with Crippen molar-refractivity contribution in [3.8, 4) is 5.69 Å². The molecule has 0 fully saturated rings. The summed E-state index contributed by atoms with van der Waals surface area (Å²) in [6, 6.07) is 13.2. The molecule has 4 aromatic rings. The fourth-order valence-electron chi connectivity index (χ4n) is 3.21. The zero-order valence-corrected chi connectivity index (χ0v) is 16.2. The second-order valence-electron chi connectivity index (χ2n) is 6.93. The molecule has 7 heteroatoms. The molecule has 142 valence electrons. The third-order valence-corrected chi connectivity index (χ3v) is 4.79. The van der Waals surface area contributed by atoms with E-state index < -0.39 is 0 Å². The van der Waals surface area contributed by atoms with Crippen molar-refractivity contribution in [3.63, 3.8) is 0 Å². The number of hydrogen-bond acceptors (Lipinski definition) is 3. The molecule has 4 rings (SSSR count). The van der Waals surface area contributed by atoms with Crippen LogP contribution in [0, 0.1) is 5.82 Å². The average Bonchev–Trinajstić information content (AvgIpc) is 3.10. The van der Waals surface area contributed by atoms with Crippen molar-refractivity contribution in [1.29, 1.82) is 0 Å². The molecule has 28 heavy (non-hydrogen) atoms. The Hall–Kier alpha value is -2.99. The summed E-state index contributed by atoms with van der Waals surface area (Å²) in [5.74, 6) is -0.248. The molecule has 0 bridgehead atoms. The average molecular weight is 397 g/mol. The van der Waals surface area contributed by atoms with E-state index in [-0.39, 0.29) is 17.3 Å². The smallest absolute Gasteiger partial charge is 0.265 e. The third-order valence-electron chi connectivity index (χ3n) is 4.55. The minimum absolute atomic E-state index is 0.0968. The van der Waals surface area contributed by atoms with Gasteiger partial charge in [-0.2, -0.15) is 10.2 Å². The van der Waals surface area contributed by atoms with Gasteiger partial charge in [-0.05, 0) is 47.9 Å². The predicted molar refractivity (Wildman–Crippen MR) is 108 cm³/mol. The normalized spacial score (nSPS) is 11.5. The number of hydrogen-bond donors (Lipinski definition) is 0. The van der Waals surface area contributed by atoms with E-state index in [1.54, 1.807) is 29.1 Å². The topological polar surface area (TPSA) is 52.7 Å². The van der Waals surface area contributed by atoms with Crippen molar-refractivity contribution in [2.75, 3.05) is 0 Å². The zero-order valence-electron chi connectivity index (χ0n) is 15.4. The first-order chi connectivity index (χ1) is 13.4. The number of benzene rings is 2. The van der Waals surface area contributed by atoms with Crippen LogP contribution in [0.1, 0.15) is 31.0 Å². The lowest BCUT2D eigenvalue weighted by molar-refractivity contribution is 0.612. The van der Waals surface area contributed by atoms with Crippen molar-refractivity contribution in [1.82, 2.24) is 19.6 Å². The number of rotatable bonds is 4. The van der Waals surface area contributed by atoms with Crippen molar-refractivity contribution in [2.45, 2.75) is 26.3 Å². The maximum atomic E-state index is 13.3. The second-order valence-corrected chi connectivity index (χ2v) is 7.36. The summed E-state index contributed by atoms with van der Waals surface area (Å²) in [6.45, 7) is 4.33. The highest BCUT2D eigenvalue weighted by Crippen LogP contribution is 2.23. The Morgan fingerprint density at radius 2 is 1.89 bits per heavy atom. The van der Waals surface area contributed by atoms with Crippen LogP contribution in [0.5, 0.6) is 0 Å². The summed E-state index contributed by atoms with van der Waals surface area (Å²) in [7, 11) is 0. The minimum atomic E-state index is -0.344. The zero-order chi connectivity index (χ0) is 19.8. The van der Waals surface area contributed by atoms with Crippen LogP contribution in [0.4, 0.5) is 4.39 Å². The molecule has 5 nitrogen and oxygen atoms in total. The van der Waals surface area contributed by atoms with E-state index in [1.165, 1.54) is 16.8 Å². The monoisotopic (exact) mass is 396 g/mol. The highest BCUT2D eigenvalue weighted by molar-refractivity contribution is 6.30. The molecular formula is C21H18ClFN4O. The Balaban J connectivity index is 1.93. The van der Waals surface area contributed by atoms with Gasteiger partial charge >= 0.3 is 0 Å². The minimum Gasteiger partial charge on any atom is -0.265 e. The van der Waals surface area contributed by atoms with Crippen LogP contribution in [0.3, 0.4) is 0 Å². The quantitative estimate of drug-likeness (QED) is 0.508. The van der Waals surface area contributed by atoms with E-state index in [0.29, 0.717) is 28.2 Å². The molecule has 2 aromatic heterocycles. The van der Waals surface area contributed by atoms with Crippen LogP contribution < -0.4 is 5.56 Å². The molecule has 0 aliphatic rings. The fraction of sp³-hybridized carbons (Fsp3) is 0.190. The van der Waals surface area contributed by atoms with Crippen molar-refractivity contribution >= 4 is 22.5 Å². The molecule has 0 aliphatic carbocycles. The van der Waals surface area contributed by atoms with Gasteiger partial charge in [0.2, 0.25) is 0 Å².